The molecule has 1 atom stereocenters. The van der Waals surface area contributed by atoms with Gasteiger partial charge in [-0.05, 0) is 56.3 Å². The molecule has 0 spiro atoms. The number of hydrogen-bond donors (Lipinski definition) is 2. The Morgan fingerprint density at radius 2 is 1.69 bits per heavy atom. The van der Waals surface area contributed by atoms with Gasteiger partial charge in [-0.2, -0.15) is 0 Å². The number of nitrogens with zero attached hydrogens (tertiary/aromatic N) is 1. The summed E-state index contributed by atoms with van der Waals surface area (Å²) in [6.45, 7) is 5.06. The number of benzene rings is 2. The number of likely N-dealkylation sites (N-methyl/N-ethyl adjacent to an activating group) is 1. The van der Waals surface area contributed by atoms with Crippen LogP contribution in [0.15, 0.2) is 54.6 Å². The molecular weight excluding hydrogens is 324 g/mol. The van der Waals surface area contributed by atoms with Gasteiger partial charge in [-0.3, -0.25) is 9.69 Å². The highest BCUT2D eigenvalue weighted by Gasteiger charge is 2.45. The van der Waals surface area contributed by atoms with E-state index in [4.69, 9.17) is 5.11 Å². The van der Waals surface area contributed by atoms with Crippen molar-refractivity contribution in [3.05, 3.63) is 65.7 Å². The van der Waals surface area contributed by atoms with Crippen LogP contribution in [-0.2, 0) is 5.54 Å². The molecule has 2 aromatic carbocycles. The predicted molar refractivity (Wildman–Crippen MR) is 108 cm³/mol. The maximum absolute atomic E-state index is 13.6. The molecule has 4 heteroatoms. The first-order valence-electron chi connectivity index (χ1n) is 9.17. The molecule has 0 fully saturated rings. The van der Waals surface area contributed by atoms with Crippen molar-refractivity contribution in [2.75, 3.05) is 32.6 Å². The van der Waals surface area contributed by atoms with Gasteiger partial charge < -0.3 is 10.4 Å². The summed E-state index contributed by atoms with van der Waals surface area (Å²) >= 11 is 0. The van der Waals surface area contributed by atoms with E-state index >= 15 is 0 Å². The van der Waals surface area contributed by atoms with Gasteiger partial charge in [-0.1, -0.05) is 44.2 Å². The lowest BCUT2D eigenvalue weighted by molar-refractivity contribution is 0.0529. The maximum Gasteiger partial charge on any atom is 0.187 e. The average Bonchev–Trinajstić information content (AvgIpc) is 2.63. The van der Waals surface area contributed by atoms with E-state index < -0.39 is 5.54 Å². The quantitative estimate of drug-likeness (QED) is 0.532. The first-order chi connectivity index (χ1) is 12.4. The van der Waals surface area contributed by atoms with E-state index in [0.29, 0.717) is 18.5 Å². The van der Waals surface area contributed by atoms with Gasteiger partial charge in [0.25, 0.3) is 0 Å². The largest absolute Gasteiger partial charge is 0.396 e. The number of aliphatic hydroxyl groups excluding tert-OH is 1. The summed E-state index contributed by atoms with van der Waals surface area (Å²) in [6.07, 6.45) is 0.700. The zero-order valence-electron chi connectivity index (χ0n) is 16.2. The van der Waals surface area contributed by atoms with E-state index in [1.165, 1.54) is 0 Å². The highest BCUT2D eigenvalue weighted by atomic mass is 16.3. The molecule has 0 aromatic heterocycles. The number of nitrogens with one attached hydrogen (secondary N) is 1. The molecule has 2 aromatic rings. The molecule has 2 rings (SSSR count). The molecule has 0 bridgehead atoms. The topological polar surface area (TPSA) is 52.6 Å². The number of aliphatic hydroxyl groups is 1. The second kappa shape index (κ2) is 8.97. The summed E-state index contributed by atoms with van der Waals surface area (Å²) in [6, 6.07) is 17.6. The SMILES string of the molecule is CC(C)C(C(=O)c1ccc(NCCCO)cc1)(c1ccccc1)N(C)C. The summed E-state index contributed by atoms with van der Waals surface area (Å²) in [7, 11) is 3.94. The van der Waals surface area contributed by atoms with Crippen LogP contribution in [0, 0.1) is 5.92 Å². The molecule has 0 saturated heterocycles. The molecule has 140 valence electrons. The van der Waals surface area contributed by atoms with E-state index in [0.717, 1.165) is 11.3 Å². The Hall–Kier alpha value is -2.17. The molecule has 4 nitrogen and oxygen atoms in total. The maximum atomic E-state index is 13.6. The van der Waals surface area contributed by atoms with Gasteiger partial charge in [0.15, 0.2) is 5.78 Å². The lowest BCUT2D eigenvalue weighted by Crippen LogP contribution is -2.52. The van der Waals surface area contributed by atoms with Crippen LogP contribution in [0.5, 0.6) is 0 Å². The highest BCUT2D eigenvalue weighted by Crippen LogP contribution is 2.38. The molecule has 0 saturated carbocycles. The monoisotopic (exact) mass is 354 g/mol. The van der Waals surface area contributed by atoms with Crippen molar-refractivity contribution in [3.63, 3.8) is 0 Å². The van der Waals surface area contributed by atoms with Crippen LogP contribution >= 0.6 is 0 Å². The van der Waals surface area contributed by atoms with E-state index in [2.05, 4.69) is 19.2 Å². The molecule has 0 heterocycles. The van der Waals surface area contributed by atoms with Crippen molar-refractivity contribution < 1.29 is 9.90 Å². The van der Waals surface area contributed by atoms with Crippen LogP contribution in [0.3, 0.4) is 0 Å². The lowest BCUT2D eigenvalue weighted by Gasteiger charge is -2.42. The second-order valence-electron chi connectivity index (χ2n) is 7.09. The third-order valence-electron chi connectivity index (χ3n) is 4.91. The molecule has 0 aliphatic carbocycles. The molecule has 1 unspecified atom stereocenters. The van der Waals surface area contributed by atoms with Crippen molar-refractivity contribution in [1.29, 1.82) is 0 Å². The fourth-order valence-corrected chi connectivity index (χ4v) is 3.67. The number of anilines is 1. The summed E-state index contributed by atoms with van der Waals surface area (Å²) in [4.78, 5) is 15.7. The number of ketones is 1. The van der Waals surface area contributed by atoms with Crippen LogP contribution < -0.4 is 5.32 Å². The molecule has 0 radical (unpaired) electrons. The third-order valence-corrected chi connectivity index (χ3v) is 4.91. The van der Waals surface area contributed by atoms with Gasteiger partial charge in [-0.25, -0.2) is 0 Å². The number of hydrogen-bond acceptors (Lipinski definition) is 4. The minimum Gasteiger partial charge on any atom is -0.396 e. The lowest BCUT2D eigenvalue weighted by atomic mass is 9.73. The predicted octanol–water partition coefficient (Wildman–Crippen LogP) is 3.78. The van der Waals surface area contributed by atoms with E-state index in [9.17, 15) is 4.79 Å². The van der Waals surface area contributed by atoms with Gasteiger partial charge in [-0.15, -0.1) is 0 Å². The minimum absolute atomic E-state index is 0.102. The van der Waals surface area contributed by atoms with E-state index in [1.807, 2.05) is 73.6 Å². The summed E-state index contributed by atoms with van der Waals surface area (Å²) in [5.41, 5.74) is 1.95. The summed E-state index contributed by atoms with van der Waals surface area (Å²) in [5, 5.41) is 12.1. The van der Waals surface area contributed by atoms with Crippen LogP contribution in [0.2, 0.25) is 0 Å². The molecule has 2 N–H and O–H groups in total. The zero-order chi connectivity index (χ0) is 19.2. The van der Waals surface area contributed by atoms with Gasteiger partial charge in [0, 0.05) is 24.4 Å². The van der Waals surface area contributed by atoms with Crippen LogP contribution in [-0.4, -0.2) is 43.0 Å². The average molecular weight is 354 g/mol. The summed E-state index contributed by atoms with van der Waals surface area (Å²) in [5.74, 6) is 0.209. The van der Waals surface area contributed by atoms with Gasteiger partial charge in [0.1, 0.15) is 5.54 Å². The van der Waals surface area contributed by atoms with Crippen molar-refractivity contribution in [3.8, 4) is 0 Å². The molecular formula is C22H30N2O2. The van der Waals surface area contributed by atoms with Gasteiger partial charge in [0.2, 0.25) is 0 Å². The molecule has 26 heavy (non-hydrogen) atoms. The molecule has 0 aliphatic rings. The normalized spacial score (nSPS) is 13.7. The van der Waals surface area contributed by atoms with Gasteiger partial charge >= 0.3 is 0 Å². The Balaban J connectivity index is 2.38. The fraction of sp³-hybridized carbons (Fsp3) is 0.409. The molecule has 0 aliphatic heterocycles. The zero-order valence-corrected chi connectivity index (χ0v) is 16.2. The van der Waals surface area contributed by atoms with Crippen LogP contribution in [0.4, 0.5) is 5.69 Å². The first kappa shape index (κ1) is 20.1. The third kappa shape index (κ3) is 3.97. The first-order valence-corrected chi connectivity index (χ1v) is 9.17. The minimum atomic E-state index is -0.715. The number of Topliss-reactive ketones (excluding diaryl/α,β-unsaturated/α-hetero) is 1. The van der Waals surface area contributed by atoms with E-state index in [1.54, 1.807) is 0 Å². The Labute approximate surface area is 156 Å². The van der Waals surface area contributed by atoms with Crippen molar-refractivity contribution in [2.24, 2.45) is 5.92 Å². The van der Waals surface area contributed by atoms with Gasteiger partial charge in [0.05, 0.1) is 0 Å². The van der Waals surface area contributed by atoms with Crippen molar-refractivity contribution >= 4 is 11.5 Å². The standard InChI is InChI=1S/C22H30N2O2/c1-17(2)22(24(3)4,19-9-6-5-7-10-19)21(26)18-11-13-20(14-12-18)23-15-8-16-25/h5-7,9-14,17,23,25H,8,15-16H2,1-4H3. The number of rotatable bonds is 9. The van der Waals surface area contributed by atoms with Crippen molar-refractivity contribution in [1.82, 2.24) is 4.90 Å². The Bertz CT molecular complexity index is 686. The molecule has 0 amide bonds. The van der Waals surface area contributed by atoms with Crippen molar-refractivity contribution in [2.45, 2.75) is 25.8 Å². The second-order valence-corrected chi connectivity index (χ2v) is 7.09. The number of carbonyl (C=O) groups excluding carboxylic acids is 1. The summed E-state index contributed by atoms with van der Waals surface area (Å²) < 4.78 is 0. The van der Waals surface area contributed by atoms with Crippen LogP contribution in [0.25, 0.3) is 0 Å². The fourth-order valence-electron chi connectivity index (χ4n) is 3.67. The van der Waals surface area contributed by atoms with Crippen LogP contribution in [0.1, 0.15) is 36.2 Å². The highest BCUT2D eigenvalue weighted by molar-refractivity contribution is 6.04. The Kier molecular flexibility index (Phi) is 6.95. The number of carbonyl (C=O) groups is 1. The van der Waals surface area contributed by atoms with E-state index in [-0.39, 0.29) is 18.3 Å². The Morgan fingerprint density at radius 1 is 1.08 bits per heavy atom. The Morgan fingerprint density at radius 3 is 2.19 bits per heavy atom. The smallest absolute Gasteiger partial charge is 0.187 e.